The Kier molecular flexibility index (Phi) is 6.20. The smallest absolute Gasteiger partial charge is 0.335 e. The lowest BCUT2D eigenvalue weighted by Gasteiger charge is -2.39. The van der Waals surface area contributed by atoms with Crippen LogP contribution in [0.1, 0.15) is 12.5 Å². The fourth-order valence-corrected chi connectivity index (χ4v) is 2.57. The minimum absolute atomic E-state index is 0.0734. The van der Waals surface area contributed by atoms with Crippen LogP contribution in [0.4, 0.5) is 11.4 Å². The number of nitrogens with one attached hydrogen (secondary N) is 1. The lowest BCUT2D eigenvalue weighted by molar-refractivity contribution is -0.271. The summed E-state index contributed by atoms with van der Waals surface area (Å²) in [5.74, 6) is -2.23. The number of aliphatic carboxylic acids is 1. The van der Waals surface area contributed by atoms with E-state index in [1.807, 2.05) is 0 Å². The molecule has 12 heteroatoms. The molecule has 27 heavy (non-hydrogen) atoms. The number of rotatable bonds is 5. The molecule has 0 spiro atoms. The third kappa shape index (κ3) is 4.44. The van der Waals surface area contributed by atoms with Crippen molar-refractivity contribution in [2.24, 2.45) is 0 Å². The Morgan fingerprint density at radius 3 is 2.37 bits per heavy atom. The maximum absolute atomic E-state index is 11.4. The number of benzene rings is 1. The van der Waals surface area contributed by atoms with Crippen molar-refractivity contribution in [1.29, 1.82) is 0 Å². The molecule has 1 amide bonds. The summed E-state index contributed by atoms with van der Waals surface area (Å²) >= 11 is 0. The van der Waals surface area contributed by atoms with Gasteiger partial charge in [-0.15, -0.1) is 0 Å². The largest absolute Gasteiger partial charge is 0.733 e. The van der Waals surface area contributed by atoms with Crippen LogP contribution in [0.25, 0.3) is 0 Å². The van der Waals surface area contributed by atoms with Crippen LogP contribution in [0, 0.1) is 12.1 Å². The molecular weight excluding hydrogens is 368 g/mol. The normalized spacial score (nSPS) is 27.7. The quantitative estimate of drug-likeness (QED) is 0.337. The Morgan fingerprint density at radius 2 is 1.85 bits per heavy atom. The number of amides is 1. The van der Waals surface area contributed by atoms with Crippen molar-refractivity contribution in [2.75, 3.05) is 10.5 Å². The molecule has 1 heterocycles. The number of carboxylic acid groups (broad SMARTS) is 1. The summed E-state index contributed by atoms with van der Waals surface area (Å²) in [4.78, 5) is 22.6. The molecule has 6 N–H and O–H groups in total. The van der Waals surface area contributed by atoms with E-state index in [1.165, 1.54) is 19.9 Å². The molecule has 1 aliphatic rings. The molecule has 1 aromatic rings. The Bertz CT molecular complexity index is 725. The molecule has 1 fully saturated rings. The Hall–Kier alpha value is -2.48. The number of carbonyl (C=O) groups excluding carboxylic acids is 1. The van der Waals surface area contributed by atoms with Crippen molar-refractivity contribution in [1.82, 2.24) is 0 Å². The zero-order valence-electron chi connectivity index (χ0n) is 14.3. The molecule has 1 aliphatic heterocycles. The van der Waals surface area contributed by atoms with Gasteiger partial charge in [-0.3, -0.25) is 10.0 Å². The van der Waals surface area contributed by atoms with Gasteiger partial charge in [0.05, 0.1) is 11.4 Å². The third-order valence-electron chi connectivity index (χ3n) is 3.84. The number of aryl methyl sites for hydroxylation is 1. The van der Waals surface area contributed by atoms with E-state index in [0.29, 0.717) is 0 Å². The van der Waals surface area contributed by atoms with Crippen molar-refractivity contribution in [3.63, 3.8) is 0 Å². The van der Waals surface area contributed by atoms with Gasteiger partial charge in [0.15, 0.2) is 6.10 Å². The van der Waals surface area contributed by atoms with Crippen LogP contribution in [-0.4, -0.2) is 68.2 Å². The number of nitrogens with zero attached hydrogens (tertiary/aromatic N) is 1. The highest BCUT2D eigenvalue weighted by atomic mass is 16.8. The van der Waals surface area contributed by atoms with Crippen LogP contribution in [0.2, 0.25) is 0 Å². The highest BCUT2D eigenvalue weighted by Gasteiger charge is 2.48. The van der Waals surface area contributed by atoms with Crippen molar-refractivity contribution >= 4 is 23.3 Å². The van der Waals surface area contributed by atoms with Gasteiger partial charge in [-0.2, -0.15) is 0 Å². The zero-order chi connectivity index (χ0) is 20.5. The average Bonchev–Trinajstić information content (AvgIpc) is 2.56. The fraction of sp³-hybridized carbons (Fsp3) is 0.467. The summed E-state index contributed by atoms with van der Waals surface area (Å²) in [6, 6.07) is 2.27. The number of aliphatic hydroxyl groups is 3. The van der Waals surface area contributed by atoms with Gasteiger partial charge < -0.3 is 45.7 Å². The number of ether oxygens (including phenoxy) is 2. The molecule has 0 saturated carbocycles. The molecule has 0 bridgehead atoms. The number of anilines is 2. The number of carbonyl (C=O) groups is 2. The van der Waals surface area contributed by atoms with Crippen LogP contribution in [0.15, 0.2) is 12.1 Å². The zero-order valence-corrected chi connectivity index (χ0v) is 14.3. The number of hydrogen-bond donors (Lipinski definition) is 6. The minimum Gasteiger partial charge on any atom is -0.733 e. The van der Waals surface area contributed by atoms with E-state index in [4.69, 9.17) is 19.8 Å². The first kappa shape index (κ1) is 20.8. The van der Waals surface area contributed by atoms with Gasteiger partial charge in [0.25, 0.3) is 0 Å². The van der Waals surface area contributed by atoms with E-state index >= 15 is 0 Å². The first-order chi connectivity index (χ1) is 12.5. The van der Waals surface area contributed by atoms with Crippen LogP contribution in [0.5, 0.6) is 5.75 Å². The molecule has 5 atom stereocenters. The topological polar surface area (TPSA) is 192 Å². The van der Waals surface area contributed by atoms with Crippen molar-refractivity contribution in [3.05, 3.63) is 22.9 Å². The van der Waals surface area contributed by atoms with Gasteiger partial charge >= 0.3 is 5.97 Å². The Morgan fingerprint density at radius 1 is 1.22 bits per heavy atom. The highest BCUT2D eigenvalue weighted by Crippen LogP contribution is 2.36. The lowest BCUT2D eigenvalue weighted by Crippen LogP contribution is -2.61. The second kappa shape index (κ2) is 8.04. The number of carboxylic acids is 1. The second-order valence-corrected chi connectivity index (χ2v) is 5.95. The van der Waals surface area contributed by atoms with Crippen molar-refractivity contribution in [3.8, 4) is 5.75 Å². The summed E-state index contributed by atoms with van der Waals surface area (Å²) in [5, 5.41) is 60.7. The van der Waals surface area contributed by atoms with Gasteiger partial charge in [-0.1, -0.05) is 0 Å². The molecule has 5 unspecified atom stereocenters. The van der Waals surface area contributed by atoms with Crippen LogP contribution in [-0.2, 0) is 14.3 Å². The molecule has 0 aromatic heterocycles. The molecule has 0 radical (unpaired) electrons. The minimum atomic E-state index is -1.89. The first-order valence-corrected chi connectivity index (χ1v) is 7.70. The van der Waals surface area contributed by atoms with Crippen LogP contribution >= 0.6 is 0 Å². The van der Waals surface area contributed by atoms with Gasteiger partial charge in [0, 0.05) is 6.92 Å². The van der Waals surface area contributed by atoms with E-state index in [9.17, 15) is 30.1 Å². The maximum atomic E-state index is 11.4. The van der Waals surface area contributed by atoms with Crippen molar-refractivity contribution in [2.45, 2.75) is 44.6 Å². The monoisotopic (exact) mass is 387 g/mol. The standard InChI is InChI=1S/C15H19N2O10/c1-5-3-7(17(24)25)4-8(16-6(2)18)12(5)26-15-11(21)9(19)10(20)13(27-15)14(22)23/h3-4,9-11,13,15,19-21,24H,1-2H3,(H,16,18)(H,22,23)/q-1. The second-order valence-electron chi connectivity index (χ2n) is 5.95. The first-order valence-electron chi connectivity index (χ1n) is 7.70. The Balaban J connectivity index is 2.39. The lowest BCUT2D eigenvalue weighted by atomic mass is 9.99. The molecule has 12 nitrogen and oxygen atoms in total. The van der Waals surface area contributed by atoms with E-state index in [-0.39, 0.29) is 22.7 Å². The van der Waals surface area contributed by atoms with Gasteiger partial charge in [0.2, 0.25) is 12.2 Å². The third-order valence-corrected chi connectivity index (χ3v) is 3.84. The number of hydrogen-bond acceptors (Lipinski definition) is 10. The van der Waals surface area contributed by atoms with Crippen molar-refractivity contribution < 1.29 is 44.7 Å². The fourth-order valence-electron chi connectivity index (χ4n) is 2.57. The van der Waals surface area contributed by atoms with Gasteiger partial charge in [-0.25, -0.2) is 4.79 Å². The average molecular weight is 387 g/mol. The van der Waals surface area contributed by atoms with E-state index in [1.54, 1.807) is 0 Å². The molecule has 2 rings (SSSR count). The van der Waals surface area contributed by atoms with Crippen LogP contribution < -0.4 is 15.3 Å². The van der Waals surface area contributed by atoms with E-state index in [2.05, 4.69) is 5.32 Å². The molecule has 150 valence electrons. The number of aliphatic hydroxyl groups excluding tert-OH is 3. The summed E-state index contributed by atoms with van der Waals surface area (Å²) in [5.41, 5.74) is -0.0855. The SMILES string of the molecule is CC(=O)Nc1cc(N([O-])O)cc(C)c1OC1OC(C(=O)O)C(O)C(O)C1O. The van der Waals surface area contributed by atoms with Crippen LogP contribution in [0.3, 0.4) is 0 Å². The predicted molar refractivity (Wildman–Crippen MR) is 88.1 cm³/mol. The summed E-state index contributed by atoms with van der Waals surface area (Å²) in [6.45, 7) is 2.62. The predicted octanol–water partition coefficient (Wildman–Crippen LogP) is -1.08. The van der Waals surface area contributed by atoms with Gasteiger partial charge in [0.1, 0.15) is 24.1 Å². The van der Waals surface area contributed by atoms with E-state index in [0.717, 1.165) is 6.07 Å². The molecule has 0 aliphatic carbocycles. The summed E-state index contributed by atoms with van der Waals surface area (Å²) < 4.78 is 10.5. The Labute approximate surface area is 152 Å². The summed E-state index contributed by atoms with van der Waals surface area (Å²) in [7, 11) is 0. The molecule has 1 aromatic carbocycles. The molecular formula is C15H19N2O10-. The summed E-state index contributed by atoms with van der Waals surface area (Å²) in [6.07, 6.45) is -9.15. The maximum Gasteiger partial charge on any atom is 0.335 e. The van der Waals surface area contributed by atoms with Gasteiger partial charge in [-0.05, 0) is 24.6 Å². The molecule has 1 saturated heterocycles. The highest BCUT2D eigenvalue weighted by molar-refractivity contribution is 5.91. The van der Waals surface area contributed by atoms with E-state index < -0.39 is 47.8 Å².